The number of ether oxygens (including phenoxy) is 1. The standard InChI is InChI=1S/C21H24N4O2/c1-15(7-5-6-11-22)21(24-16(2)14-23-3)17-8-9-19-18(13-17)25(4)20(26)10-12-27-19/h8-9,13-14H,1-2,5-7,10,12H2,3-4H3/b23-14-,24-21+. The fourth-order valence-corrected chi connectivity index (χ4v) is 2.77. The summed E-state index contributed by atoms with van der Waals surface area (Å²) in [4.78, 5) is 22.3. The highest BCUT2D eigenvalue weighted by Gasteiger charge is 2.21. The van der Waals surface area contributed by atoms with E-state index in [2.05, 4.69) is 29.2 Å². The zero-order valence-corrected chi connectivity index (χ0v) is 15.9. The number of allylic oxidation sites excluding steroid dienone is 2. The van der Waals surface area contributed by atoms with Crippen LogP contribution in [0.4, 0.5) is 5.69 Å². The second kappa shape index (κ2) is 9.48. The van der Waals surface area contributed by atoms with Gasteiger partial charge in [0.05, 0.1) is 36.2 Å². The van der Waals surface area contributed by atoms with Crippen molar-refractivity contribution in [1.82, 2.24) is 0 Å². The number of hydrogen-bond acceptors (Lipinski definition) is 5. The fourth-order valence-electron chi connectivity index (χ4n) is 2.77. The summed E-state index contributed by atoms with van der Waals surface area (Å²) in [7, 11) is 3.39. The summed E-state index contributed by atoms with van der Waals surface area (Å²) in [5, 5.41) is 8.77. The molecule has 1 amide bonds. The highest BCUT2D eigenvalue weighted by molar-refractivity contribution is 6.14. The Balaban J connectivity index is 2.45. The molecule has 0 fully saturated rings. The normalized spacial score (nSPS) is 14.3. The molecule has 0 aromatic heterocycles. The molecule has 0 saturated heterocycles. The zero-order valence-electron chi connectivity index (χ0n) is 15.9. The summed E-state index contributed by atoms with van der Waals surface area (Å²) in [6.45, 7) is 8.40. The Morgan fingerprint density at radius 1 is 1.44 bits per heavy atom. The van der Waals surface area contributed by atoms with Crippen LogP contribution in [0, 0.1) is 11.3 Å². The number of fused-ring (bicyclic) bond motifs is 1. The van der Waals surface area contributed by atoms with E-state index in [1.165, 1.54) is 0 Å². The van der Waals surface area contributed by atoms with E-state index in [4.69, 9.17) is 10.00 Å². The first kappa shape index (κ1) is 20.1. The Morgan fingerprint density at radius 3 is 2.93 bits per heavy atom. The van der Waals surface area contributed by atoms with Gasteiger partial charge in [0, 0.05) is 32.3 Å². The van der Waals surface area contributed by atoms with Gasteiger partial charge in [-0.2, -0.15) is 5.26 Å². The molecule has 2 rings (SSSR count). The van der Waals surface area contributed by atoms with Crippen LogP contribution in [0.2, 0.25) is 0 Å². The minimum atomic E-state index is -0.000221. The van der Waals surface area contributed by atoms with Gasteiger partial charge < -0.3 is 9.64 Å². The van der Waals surface area contributed by atoms with Crippen molar-refractivity contribution in [3.05, 3.63) is 48.2 Å². The number of carbonyl (C=O) groups is 1. The molecular formula is C21H24N4O2. The van der Waals surface area contributed by atoms with Crippen molar-refractivity contribution in [3.63, 3.8) is 0 Å². The SMILES string of the molecule is C=C(/C=N\C)/N=C(\C(=C)CCCC#N)c1ccc2c(c1)N(C)C(=O)CCO2. The lowest BCUT2D eigenvalue weighted by molar-refractivity contribution is -0.118. The number of benzene rings is 1. The lowest BCUT2D eigenvalue weighted by atomic mass is 9.98. The van der Waals surface area contributed by atoms with Gasteiger partial charge in [-0.05, 0) is 36.6 Å². The Morgan fingerprint density at radius 2 is 2.22 bits per heavy atom. The second-order valence-corrected chi connectivity index (χ2v) is 6.19. The van der Waals surface area contributed by atoms with E-state index in [-0.39, 0.29) is 5.91 Å². The third-order valence-electron chi connectivity index (χ3n) is 4.18. The Kier molecular flexibility index (Phi) is 7.07. The summed E-state index contributed by atoms with van der Waals surface area (Å²) < 4.78 is 5.68. The molecule has 0 saturated carbocycles. The molecule has 0 aliphatic carbocycles. The van der Waals surface area contributed by atoms with Gasteiger partial charge in [0.15, 0.2) is 0 Å². The van der Waals surface area contributed by atoms with E-state index in [1.807, 2.05) is 18.2 Å². The number of rotatable bonds is 7. The zero-order chi connectivity index (χ0) is 19.8. The lowest BCUT2D eigenvalue weighted by Crippen LogP contribution is -2.25. The van der Waals surface area contributed by atoms with Crippen molar-refractivity contribution in [1.29, 1.82) is 5.26 Å². The molecule has 1 aliphatic heterocycles. The van der Waals surface area contributed by atoms with Crippen LogP contribution in [-0.2, 0) is 4.79 Å². The monoisotopic (exact) mass is 364 g/mol. The molecule has 0 unspecified atom stereocenters. The quantitative estimate of drug-likeness (QED) is 0.547. The molecule has 1 aromatic rings. The van der Waals surface area contributed by atoms with Gasteiger partial charge in [-0.3, -0.25) is 9.79 Å². The maximum atomic E-state index is 12.2. The molecule has 0 atom stereocenters. The first-order chi connectivity index (χ1) is 13.0. The fraction of sp³-hybridized carbons (Fsp3) is 0.333. The third kappa shape index (κ3) is 5.14. The molecule has 0 N–H and O–H groups in total. The van der Waals surface area contributed by atoms with Gasteiger partial charge in [-0.25, -0.2) is 4.99 Å². The molecule has 6 heteroatoms. The molecule has 1 aromatic carbocycles. The molecule has 6 nitrogen and oxygen atoms in total. The smallest absolute Gasteiger partial charge is 0.230 e. The summed E-state index contributed by atoms with van der Waals surface area (Å²) in [5.41, 5.74) is 3.49. The van der Waals surface area contributed by atoms with Crippen LogP contribution in [0.25, 0.3) is 0 Å². The molecule has 27 heavy (non-hydrogen) atoms. The van der Waals surface area contributed by atoms with Gasteiger partial charge in [-0.1, -0.05) is 13.2 Å². The van der Waals surface area contributed by atoms with Crippen LogP contribution in [0.1, 0.15) is 31.2 Å². The second-order valence-electron chi connectivity index (χ2n) is 6.19. The van der Waals surface area contributed by atoms with Crippen LogP contribution < -0.4 is 9.64 Å². The first-order valence-corrected chi connectivity index (χ1v) is 8.76. The van der Waals surface area contributed by atoms with Crippen LogP contribution in [0.3, 0.4) is 0 Å². The van der Waals surface area contributed by atoms with Gasteiger partial charge in [0.1, 0.15) is 5.75 Å². The Bertz CT molecular complexity index is 846. The number of amides is 1. The highest BCUT2D eigenvalue weighted by Crippen LogP contribution is 2.32. The molecule has 0 radical (unpaired) electrons. The Labute approximate surface area is 160 Å². The van der Waals surface area contributed by atoms with Gasteiger partial charge in [-0.15, -0.1) is 0 Å². The van der Waals surface area contributed by atoms with E-state index in [0.717, 1.165) is 11.1 Å². The first-order valence-electron chi connectivity index (χ1n) is 8.76. The lowest BCUT2D eigenvalue weighted by Gasteiger charge is -2.18. The van der Waals surface area contributed by atoms with E-state index in [0.29, 0.717) is 55.1 Å². The van der Waals surface area contributed by atoms with E-state index >= 15 is 0 Å². The molecule has 1 heterocycles. The highest BCUT2D eigenvalue weighted by atomic mass is 16.5. The van der Waals surface area contributed by atoms with Crippen LogP contribution >= 0.6 is 0 Å². The van der Waals surface area contributed by atoms with Crippen molar-refractivity contribution < 1.29 is 9.53 Å². The molecule has 0 bridgehead atoms. The number of aliphatic imine (C=N–C) groups is 2. The number of nitriles is 1. The van der Waals surface area contributed by atoms with E-state index in [9.17, 15) is 4.79 Å². The molecule has 140 valence electrons. The summed E-state index contributed by atoms with van der Waals surface area (Å²) in [6, 6.07) is 7.76. The van der Waals surface area contributed by atoms with Crippen molar-refractivity contribution in [2.24, 2.45) is 9.98 Å². The molecule has 0 spiro atoms. The number of nitrogens with zero attached hydrogens (tertiary/aromatic N) is 4. The number of carbonyl (C=O) groups excluding carboxylic acids is 1. The minimum Gasteiger partial charge on any atom is -0.491 e. The number of unbranched alkanes of at least 4 members (excludes halogenated alkanes) is 1. The summed E-state index contributed by atoms with van der Waals surface area (Å²) in [6.07, 6.45) is 3.72. The predicted molar refractivity (Wildman–Crippen MR) is 109 cm³/mol. The van der Waals surface area contributed by atoms with E-state index in [1.54, 1.807) is 25.2 Å². The average molecular weight is 364 g/mol. The largest absolute Gasteiger partial charge is 0.491 e. The van der Waals surface area contributed by atoms with Crippen LogP contribution in [0.15, 0.2) is 52.6 Å². The maximum Gasteiger partial charge on any atom is 0.230 e. The number of hydrogen-bond donors (Lipinski definition) is 0. The molecule has 1 aliphatic rings. The Hall–Kier alpha value is -3.20. The van der Waals surface area contributed by atoms with Crippen molar-refractivity contribution in [2.75, 3.05) is 25.6 Å². The maximum absolute atomic E-state index is 12.2. The average Bonchev–Trinajstić information content (AvgIpc) is 2.79. The van der Waals surface area contributed by atoms with E-state index < -0.39 is 0 Å². The van der Waals surface area contributed by atoms with Crippen LogP contribution in [-0.4, -0.2) is 38.5 Å². The summed E-state index contributed by atoms with van der Waals surface area (Å²) in [5.74, 6) is 0.662. The van der Waals surface area contributed by atoms with Crippen molar-refractivity contribution >= 4 is 23.5 Å². The minimum absolute atomic E-state index is 0.000221. The topological polar surface area (TPSA) is 78.0 Å². The number of anilines is 1. The van der Waals surface area contributed by atoms with Gasteiger partial charge in [0.2, 0.25) is 5.91 Å². The van der Waals surface area contributed by atoms with Crippen molar-refractivity contribution in [3.8, 4) is 11.8 Å². The van der Waals surface area contributed by atoms with Gasteiger partial charge >= 0.3 is 0 Å². The van der Waals surface area contributed by atoms with Crippen LogP contribution in [0.5, 0.6) is 5.75 Å². The predicted octanol–water partition coefficient (Wildman–Crippen LogP) is 3.69. The van der Waals surface area contributed by atoms with Crippen molar-refractivity contribution in [2.45, 2.75) is 25.7 Å². The molecular weight excluding hydrogens is 340 g/mol. The summed E-state index contributed by atoms with van der Waals surface area (Å²) >= 11 is 0. The third-order valence-corrected chi connectivity index (χ3v) is 4.18. The van der Waals surface area contributed by atoms with Gasteiger partial charge in [0.25, 0.3) is 0 Å².